The summed E-state index contributed by atoms with van der Waals surface area (Å²) in [6.45, 7) is 4.51. The highest BCUT2D eigenvalue weighted by Gasteiger charge is 2.20. The van der Waals surface area contributed by atoms with E-state index in [1.54, 1.807) is 6.33 Å². The van der Waals surface area contributed by atoms with Gasteiger partial charge >= 0.3 is 0 Å². The van der Waals surface area contributed by atoms with Crippen molar-refractivity contribution in [2.24, 2.45) is 7.05 Å². The molecule has 1 aromatic heterocycles. The quantitative estimate of drug-likeness (QED) is 0.863. The minimum atomic E-state index is -0.124. The molecule has 0 radical (unpaired) electrons. The lowest BCUT2D eigenvalue weighted by molar-refractivity contribution is -0.133. The van der Waals surface area contributed by atoms with Crippen LogP contribution in [0.4, 0.5) is 0 Å². The van der Waals surface area contributed by atoms with E-state index in [9.17, 15) is 4.79 Å². The molecule has 0 saturated carbocycles. The van der Waals surface area contributed by atoms with Gasteiger partial charge in [-0.1, -0.05) is 12.8 Å². The summed E-state index contributed by atoms with van der Waals surface area (Å²) < 4.78 is 1.91. The van der Waals surface area contributed by atoms with Gasteiger partial charge in [-0.2, -0.15) is 0 Å². The summed E-state index contributed by atoms with van der Waals surface area (Å²) >= 11 is 0. The third-order valence-corrected chi connectivity index (χ3v) is 3.89. The number of nitrogens with one attached hydrogen (secondary N) is 1. The summed E-state index contributed by atoms with van der Waals surface area (Å²) in [5, 5.41) is 11.2. The van der Waals surface area contributed by atoms with Crippen molar-refractivity contribution in [2.45, 2.75) is 45.1 Å². The van der Waals surface area contributed by atoms with Crippen LogP contribution in [-0.4, -0.2) is 51.2 Å². The maximum absolute atomic E-state index is 12.3. The molecule has 2 rings (SSSR count). The predicted molar refractivity (Wildman–Crippen MR) is 77.2 cm³/mol. The van der Waals surface area contributed by atoms with E-state index in [2.05, 4.69) is 15.5 Å². The topological polar surface area (TPSA) is 63.1 Å². The summed E-state index contributed by atoms with van der Waals surface area (Å²) in [7, 11) is 1.93. The van der Waals surface area contributed by atoms with Crippen molar-refractivity contribution in [3.8, 4) is 0 Å². The van der Waals surface area contributed by atoms with E-state index >= 15 is 0 Å². The first-order valence-electron chi connectivity index (χ1n) is 7.53. The first-order chi connectivity index (χ1) is 9.68. The number of carbonyl (C=O) groups is 1. The van der Waals surface area contributed by atoms with Crippen LogP contribution < -0.4 is 5.32 Å². The van der Waals surface area contributed by atoms with Crippen LogP contribution in [0.2, 0.25) is 0 Å². The number of hydrogen-bond donors (Lipinski definition) is 1. The van der Waals surface area contributed by atoms with Gasteiger partial charge in [0.1, 0.15) is 12.2 Å². The highest BCUT2D eigenvalue weighted by molar-refractivity contribution is 5.81. The SMILES string of the molecule is CC(NCCc1nncn1C)C(=O)N1CCCCCC1. The van der Waals surface area contributed by atoms with Crippen LogP contribution in [0.3, 0.4) is 0 Å². The van der Waals surface area contributed by atoms with Crippen LogP contribution in [0.25, 0.3) is 0 Å². The normalized spacial score (nSPS) is 17.8. The second-order valence-electron chi connectivity index (χ2n) is 5.52. The third-order valence-electron chi connectivity index (χ3n) is 3.89. The Labute approximate surface area is 120 Å². The monoisotopic (exact) mass is 279 g/mol. The van der Waals surface area contributed by atoms with Gasteiger partial charge in [-0.15, -0.1) is 10.2 Å². The lowest BCUT2D eigenvalue weighted by atomic mass is 10.2. The van der Waals surface area contributed by atoms with Gasteiger partial charge < -0.3 is 14.8 Å². The molecule has 1 unspecified atom stereocenters. The zero-order valence-electron chi connectivity index (χ0n) is 12.5. The summed E-state index contributed by atoms with van der Waals surface area (Å²) in [6, 6.07) is -0.124. The van der Waals surface area contributed by atoms with Gasteiger partial charge in [-0.25, -0.2) is 0 Å². The van der Waals surface area contributed by atoms with Gasteiger partial charge in [0.2, 0.25) is 5.91 Å². The zero-order chi connectivity index (χ0) is 14.4. The summed E-state index contributed by atoms with van der Waals surface area (Å²) in [6.07, 6.45) is 7.25. The van der Waals surface area contributed by atoms with Crippen molar-refractivity contribution in [1.82, 2.24) is 25.0 Å². The molecule has 1 amide bonds. The molecule has 0 spiro atoms. The number of aryl methyl sites for hydroxylation is 1. The highest BCUT2D eigenvalue weighted by atomic mass is 16.2. The van der Waals surface area contributed by atoms with E-state index in [4.69, 9.17) is 0 Å². The van der Waals surface area contributed by atoms with Crippen molar-refractivity contribution < 1.29 is 4.79 Å². The maximum Gasteiger partial charge on any atom is 0.239 e. The van der Waals surface area contributed by atoms with Crippen molar-refractivity contribution in [2.75, 3.05) is 19.6 Å². The predicted octanol–water partition coefficient (Wildman–Crippen LogP) is 0.738. The standard InChI is InChI=1S/C14H25N5O/c1-12(14(20)19-9-5-3-4-6-10-19)15-8-7-13-17-16-11-18(13)2/h11-12,15H,3-10H2,1-2H3. The molecule has 6 heteroatoms. The Morgan fingerprint density at radius 3 is 2.65 bits per heavy atom. The average Bonchev–Trinajstić information content (AvgIpc) is 2.70. The van der Waals surface area contributed by atoms with Gasteiger partial charge in [-0.05, 0) is 19.8 Å². The molecule has 2 heterocycles. The first-order valence-corrected chi connectivity index (χ1v) is 7.53. The number of amides is 1. The number of carbonyl (C=O) groups excluding carboxylic acids is 1. The Hall–Kier alpha value is -1.43. The van der Waals surface area contributed by atoms with Gasteiger partial charge in [0, 0.05) is 33.1 Å². The maximum atomic E-state index is 12.3. The number of rotatable bonds is 5. The Morgan fingerprint density at radius 1 is 1.35 bits per heavy atom. The minimum Gasteiger partial charge on any atom is -0.341 e. The Kier molecular flexibility index (Phi) is 5.52. The van der Waals surface area contributed by atoms with E-state index in [1.165, 1.54) is 12.8 Å². The van der Waals surface area contributed by atoms with Crippen LogP contribution in [0.15, 0.2) is 6.33 Å². The Bertz CT molecular complexity index is 423. The van der Waals surface area contributed by atoms with Gasteiger partial charge in [0.15, 0.2) is 0 Å². The summed E-state index contributed by atoms with van der Waals surface area (Å²) in [4.78, 5) is 14.3. The molecular formula is C14H25N5O. The third kappa shape index (κ3) is 4.03. The molecule has 0 aliphatic carbocycles. The van der Waals surface area contributed by atoms with E-state index in [-0.39, 0.29) is 11.9 Å². The fourth-order valence-corrected chi connectivity index (χ4v) is 2.59. The molecule has 1 atom stereocenters. The fraction of sp³-hybridized carbons (Fsp3) is 0.786. The smallest absolute Gasteiger partial charge is 0.239 e. The molecule has 112 valence electrons. The average molecular weight is 279 g/mol. The van der Waals surface area contributed by atoms with Crippen LogP contribution >= 0.6 is 0 Å². The molecular weight excluding hydrogens is 254 g/mol. The van der Waals surface area contributed by atoms with Crippen molar-refractivity contribution in [1.29, 1.82) is 0 Å². The van der Waals surface area contributed by atoms with Crippen molar-refractivity contribution in [3.05, 3.63) is 12.2 Å². The van der Waals surface area contributed by atoms with E-state index in [0.717, 1.165) is 44.7 Å². The Balaban J connectivity index is 1.74. The molecule has 1 aliphatic rings. The second-order valence-corrected chi connectivity index (χ2v) is 5.52. The lowest BCUT2D eigenvalue weighted by Crippen LogP contribution is -2.45. The van der Waals surface area contributed by atoms with Gasteiger partial charge in [-0.3, -0.25) is 4.79 Å². The summed E-state index contributed by atoms with van der Waals surface area (Å²) in [5.41, 5.74) is 0. The first kappa shape index (κ1) is 15.0. The molecule has 0 aromatic carbocycles. The number of aromatic nitrogens is 3. The highest BCUT2D eigenvalue weighted by Crippen LogP contribution is 2.10. The number of nitrogens with zero attached hydrogens (tertiary/aromatic N) is 4. The largest absolute Gasteiger partial charge is 0.341 e. The van der Waals surface area contributed by atoms with Gasteiger partial charge in [0.25, 0.3) is 0 Å². The molecule has 20 heavy (non-hydrogen) atoms. The molecule has 1 aliphatic heterocycles. The Morgan fingerprint density at radius 2 is 2.05 bits per heavy atom. The molecule has 1 saturated heterocycles. The molecule has 6 nitrogen and oxygen atoms in total. The lowest BCUT2D eigenvalue weighted by Gasteiger charge is -2.24. The fourth-order valence-electron chi connectivity index (χ4n) is 2.59. The molecule has 1 fully saturated rings. The van der Waals surface area contributed by atoms with Crippen LogP contribution in [0.5, 0.6) is 0 Å². The minimum absolute atomic E-state index is 0.124. The summed E-state index contributed by atoms with van der Waals surface area (Å²) in [5.74, 6) is 1.16. The van der Waals surface area contributed by atoms with Crippen molar-refractivity contribution in [3.63, 3.8) is 0 Å². The van der Waals surface area contributed by atoms with Crippen LogP contribution in [0.1, 0.15) is 38.4 Å². The van der Waals surface area contributed by atoms with Crippen LogP contribution in [0, 0.1) is 0 Å². The second kappa shape index (κ2) is 7.38. The van der Waals surface area contributed by atoms with E-state index in [1.807, 2.05) is 23.4 Å². The van der Waals surface area contributed by atoms with E-state index < -0.39 is 0 Å². The van der Waals surface area contributed by atoms with Gasteiger partial charge in [0.05, 0.1) is 6.04 Å². The number of hydrogen-bond acceptors (Lipinski definition) is 4. The zero-order valence-corrected chi connectivity index (χ0v) is 12.5. The number of likely N-dealkylation sites (tertiary alicyclic amines) is 1. The molecule has 1 aromatic rings. The van der Waals surface area contributed by atoms with Crippen LogP contribution in [-0.2, 0) is 18.3 Å². The van der Waals surface area contributed by atoms with Crippen molar-refractivity contribution >= 4 is 5.91 Å². The molecule has 0 bridgehead atoms. The molecule has 1 N–H and O–H groups in total. The van der Waals surface area contributed by atoms with E-state index in [0.29, 0.717) is 0 Å².